The first-order valence-corrected chi connectivity index (χ1v) is 14.9. The summed E-state index contributed by atoms with van der Waals surface area (Å²) in [6.45, 7) is 30.5. The number of benzene rings is 2. The molecule has 0 bridgehead atoms. The van der Waals surface area contributed by atoms with Crippen molar-refractivity contribution in [3.05, 3.63) is 100 Å². The van der Waals surface area contributed by atoms with Crippen molar-refractivity contribution in [2.75, 3.05) is 19.3 Å². The fraction of sp³-hybridized carbons (Fsp3) is 0.486. The summed E-state index contributed by atoms with van der Waals surface area (Å²) in [5.74, 6) is 0. The van der Waals surface area contributed by atoms with Gasteiger partial charge in [-0.05, 0) is 113 Å². The fourth-order valence-electron chi connectivity index (χ4n) is 3.63. The molecule has 2 aromatic carbocycles. The molecule has 0 spiro atoms. The lowest BCUT2D eigenvalue weighted by Gasteiger charge is -2.14. The van der Waals surface area contributed by atoms with Gasteiger partial charge in [-0.25, -0.2) is 0 Å². The SMILES string of the molecule is C=C(C)/C(C)=C(\C)CP.C=C(C)c1ccc(CN2CCCC2)cc1.CCC.CCc1ccc(C)c(C)c1. The average molecular weight is 522 g/mol. The average Bonchev–Trinajstić information content (AvgIpc) is 3.39. The van der Waals surface area contributed by atoms with Gasteiger partial charge in [0.25, 0.3) is 0 Å². The highest BCUT2D eigenvalue weighted by Gasteiger charge is 2.11. The smallest absolute Gasteiger partial charge is 0.0233 e. The molecule has 0 N–H and O–H groups in total. The molecule has 1 saturated heterocycles. The highest BCUT2D eigenvalue weighted by atomic mass is 31.0. The summed E-state index contributed by atoms with van der Waals surface area (Å²) in [5, 5.41) is 0. The Kier molecular flexibility index (Phi) is 19.0. The third-order valence-electron chi connectivity index (χ3n) is 6.62. The molecular weight excluding hydrogens is 465 g/mol. The van der Waals surface area contributed by atoms with E-state index in [1.807, 2.05) is 6.92 Å². The summed E-state index contributed by atoms with van der Waals surface area (Å²) in [4.78, 5) is 2.52. The monoisotopic (exact) mass is 521 g/mol. The zero-order valence-corrected chi connectivity index (χ0v) is 26.8. The van der Waals surface area contributed by atoms with Gasteiger partial charge in [0, 0.05) is 6.54 Å². The molecule has 1 aliphatic rings. The number of nitrogens with zero attached hydrogens (tertiary/aromatic N) is 1. The van der Waals surface area contributed by atoms with Crippen LogP contribution >= 0.6 is 9.24 Å². The second-order valence-electron chi connectivity index (χ2n) is 10.3. The minimum atomic E-state index is 1.05. The van der Waals surface area contributed by atoms with Crippen LogP contribution in [0.25, 0.3) is 5.57 Å². The van der Waals surface area contributed by atoms with Gasteiger partial charge in [0.2, 0.25) is 0 Å². The topological polar surface area (TPSA) is 3.24 Å². The van der Waals surface area contributed by atoms with Crippen molar-refractivity contribution in [1.29, 1.82) is 0 Å². The number of likely N-dealkylation sites (tertiary alicyclic amines) is 1. The molecule has 1 nitrogen and oxygen atoms in total. The van der Waals surface area contributed by atoms with E-state index in [1.54, 1.807) is 0 Å². The van der Waals surface area contributed by atoms with E-state index in [9.17, 15) is 0 Å². The summed E-state index contributed by atoms with van der Waals surface area (Å²) >= 11 is 0. The second-order valence-corrected chi connectivity index (χ2v) is 10.7. The Bertz CT molecular complexity index is 959. The molecule has 1 aliphatic heterocycles. The zero-order chi connectivity index (χ0) is 28.4. The van der Waals surface area contributed by atoms with Crippen LogP contribution in [0.3, 0.4) is 0 Å². The molecule has 1 atom stereocenters. The van der Waals surface area contributed by atoms with Gasteiger partial charge in [-0.1, -0.05) is 99.5 Å². The van der Waals surface area contributed by atoms with Crippen molar-refractivity contribution in [1.82, 2.24) is 4.90 Å². The predicted octanol–water partition coefficient (Wildman–Crippen LogP) is 10.4. The Hall–Kier alpha value is -1.95. The molecule has 2 aromatic rings. The molecule has 206 valence electrons. The van der Waals surface area contributed by atoms with Gasteiger partial charge in [-0.2, -0.15) is 0 Å². The predicted molar refractivity (Wildman–Crippen MR) is 175 cm³/mol. The van der Waals surface area contributed by atoms with Crippen molar-refractivity contribution in [3.8, 4) is 0 Å². The van der Waals surface area contributed by atoms with Crippen molar-refractivity contribution >= 4 is 14.8 Å². The minimum Gasteiger partial charge on any atom is -0.299 e. The standard InChI is InChI=1S/C14H19N.C10H14.C8H15P.C3H8/c1-12(2)14-7-5-13(6-8-14)11-15-9-3-4-10-15;1-4-10-6-5-8(2)9(3)7-10;1-6(2)8(4)7(3)5-9;1-3-2/h5-8H,1,3-4,9-11H2,2H3;5-7H,4H2,1-3H3;1,5,9H2,2-4H3;3H2,1-2H3/b;;8-7+;. The lowest BCUT2D eigenvalue weighted by atomic mass is 10.1. The Morgan fingerprint density at radius 3 is 1.70 bits per heavy atom. The van der Waals surface area contributed by atoms with Crippen LogP contribution in [0.15, 0.2) is 72.3 Å². The molecular formula is C35H56NP. The Balaban J connectivity index is 0.000000519. The van der Waals surface area contributed by atoms with Crippen LogP contribution in [0, 0.1) is 13.8 Å². The first kappa shape index (κ1) is 35.0. The highest BCUT2D eigenvalue weighted by Crippen LogP contribution is 2.16. The fourth-order valence-corrected chi connectivity index (χ4v) is 3.94. The molecule has 0 saturated carbocycles. The summed E-state index contributed by atoms with van der Waals surface area (Å²) in [6, 6.07) is 15.4. The van der Waals surface area contributed by atoms with E-state index in [0.29, 0.717) is 0 Å². The van der Waals surface area contributed by atoms with Gasteiger partial charge in [0.1, 0.15) is 0 Å². The van der Waals surface area contributed by atoms with Crippen LogP contribution in [-0.2, 0) is 13.0 Å². The van der Waals surface area contributed by atoms with E-state index in [1.165, 1.54) is 76.9 Å². The maximum absolute atomic E-state index is 3.95. The lowest BCUT2D eigenvalue weighted by Crippen LogP contribution is -2.18. The van der Waals surface area contributed by atoms with Crippen LogP contribution in [0.2, 0.25) is 0 Å². The third-order valence-corrected chi connectivity index (χ3v) is 7.23. The largest absolute Gasteiger partial charge is 0.299 e. The molecule has 37 heavy (non-hydrogen) atoms. The molecule has 1 fully saturated rings. The highest BCUT2D eigenvalue weighted by molar-refractivity contribution is 7.16. The van der Waals surface area contributed by atoms with Gasteiger partial charge < -0.3 is 0 Å². The molecule has 3 rings (SSSR count). The number of aryl methyl sites for hydroxylation is 3. The van der Waals surface area contributed by atoms with E-state index in [0.717, 1.165) is 24.7 Å². The summed E-state index contributed by atoms with van der Waals surface area (Å²) in [5.41, 5.74) is 12.0. The van der Waals surface area contributed by atoms with E-state index in [-0.39, 0.29) is 0 Å². The van der Waals surface area contributed by atoms with E-state index in [2.05, 4.69) is 125 Å². The number of rotatable bonds is 6. The van der Waals surface area contributed by atoms with Crippen LogP contribution in [0.1, 0.15) is 95.5 Å². The summed E-state index contributed by atoms with van der Waals surface area (Å²) in [6.07, 6.45) is 6.17. The molecule has 1 heterocycles. The normalized spacial score (nSPS) is 13.1. The van der Waals surface area contributed by atoms with E-state index >= 15 is 0 Å². The van der Waals surface area contributed by atoms with Gasteiger partial charge in [0.15, 0.2) is 0 Å². The van der Waals surface area contributed by atoms with Crippen molar-refractivity contribution in [2.24, 2.45) is 0 Å². The molecule has 2 heteroatoms. The van der Waals surface area contributed by atoms with Crippen molar-refractivity contribution < 1.29 is 0 Å². The van der Waals surface area contributed by atoms with Crippen molar-refractivity contribution in [3.63, 3.8) is 0 Å². The first-order valence-electron chi connectivity index (χ1n) is 14.1. The number of allylic oxidation sites excluding steroid dienone is 4. The summed E-state index contributed by atoms with van der Waals surface area (Å²) in [7, 11) is 2.71. The molecule has 0 radical (unpaired) electrons. The van der Waals surface area contributed by atoms with Crippen LogP contribution in [0.4, 0.5) is 0 Å². The zero-order valence-electron chi connectivity index (χ0n) is 25.6. The van der Waals surface area contributed by atoms with Crippen LogP contribution < -0.4 is 0 Å². The Morgan fingerprint density at radius 2 is 1.32 bits per heavy atom. The van der Waals surface area contributed by atoms with Gasteiger partial charge in [-0.3, -0.25) is 4.90 Å². The van der Waals surface area contributed by atoms with E-state index in [4.69, 9.17) is 0 Å². The number of hydrogen-bond donors (Lipinski definition) is 0. The second kappa shape index (κ2) is 20.1. The molecule has 0 aliphatic carbocycles. The van der Waals surface area contributed by atoms with Crippen LogP contribution in [-0.4, -0.2) is 24.2 Å². The maximum Gasteiger partial charge on any atom is 0.0233 e. The molecule has 0 amide bonds. The maximum atomic E-state index is 3.95. The molecule has 1 unspecified atom stereocenters. The summed E-state index contributed by atoms with van der Waals surface area (Å²) < 4.78 is 0. The van der Waals surface area contributed by atoms with Gasteiger partial charge in [0.05, 0.1) is 0 Å². The number of hydrogen-bond acceptors (Lipinski definition) is 1. The quantitative estimate of drug-likeness (QED) is 0.270. The first-order chi connectivity index (χ1) is 17.5. The minimum absolute atomic E-state index is 1.05. The van der Waals surface area contributed by atoms with E-state index < -0.39 is 0 Å². The van der Waals surface area contributed by atoms with Gasteiger partial charge in [-0.15, -0.1) is 9.24 Å². The Labute approximate surface area is 233 Å². The molecule has 0 aromatic heterocycles. The lowest BCUT2D eigenvalue weighted by molar-refractivity contribution is 0.331. The van der Waals surface area contributed by atoms with Crippen LogP contribution in [0.5, 0.6) is 0 Å². The third kappa shape index (κ3) is 15.1. The van der Waals surface area contributed by atoms with Gasteiger partial charge >= 0.3 is 0 Å². The Morgan fingerprint density at radius 1 is 0.811 bits per heavy atom. The van der Waals surface area contributed by atoms with Crippen molar-refractivity contribution in [2.45, 2.75) is 94.5 Å².